The number of anilines is 1. The molecule has 1 amide bonds. The molecule has 0 spiro atoms. The molecule has 0 aliphatic rings. The molecule has 0 bridgehead atoms. The third kappa shape index (κ3) is 4.10. The molecule has 94 valence electrons. The van der Waals surface area contributed by atoms with Crippen molar-refractivity contribution in [3.05, 3.63) is 29.8 Å². The van der Waals surface area contributed by atoms with Gasteiger partial charge in [0.2, 0.25) is 5.91 Å². The number of nitrogens with two attached hydrogens (primary N) is 1. The van der Waals surface area contributed by atoms with E-state index >= 15 is 0 Å². The highest BCUT2D eigenvalue weighted by Gasteiger charge is 2.14. The molecule has 2 N–H and O–H groups in total. The van der Waals surface area contributed by atoms with Crippen LogP contribution in [0, 0.1) is 0 Å². The van der Waals surface area contributed by atoms with E-state index in [1.165, 1.54) is 0 Å². The Morgan fingerprint density at radius 2 is 1.88 bits per heavy atom. The van der Waals surface area contributed by atoms with Crippen LogP contribution in [0.1, 0.15) is 32.8 Å². The molecule has 0 unspecified atom stereocenters. The molecule has 0 fully saturated rings. The van der Waals surface area contributed by atoms with Crippen molar-refractivity contribution in [2.75, 3.05) is 12.3 Å². The Balaban J connectivity index is 2.50. The molecule has 0 aliphatic heterocycles. The molecular weight excluding hydrogens is 212 g/mol. The first-order chi connectivity index (χ1) is 8.04. The van der Waals surface area contributed by atoms with E-state index in [0.717, 1.165) is 24.2 Å². The number of benzene rings is 1. The molecule has 1 aromatic rings. The van der Waals surface area contributed by atoms with Gasteiger partial charge in [-0.15, -0.1) is 0 Å². The molecule has 0 saturated carbocycles. The zero-order valence-corrected chi connectivity index (χ0v) is 10.9. The quantitative estimate of drug-likeness (QED) is 0.795. The normalized spacial score (nSPS) is 10.6. The van der Waals surface area contributed by atoms with E-state index < -0.39 is 0 Å². The van der Waals surface area contributed by atoms with Gasteiger partial charge in [0.1, 0.15) is 0 Å². The number of amides is 1. The number of nitrogens with zero attached hydrogens (tertiary/aromatic N) is 1. The van der Waals surface area contributed by atoms with E-state index in [4.69, 9.17) is 5.73 Å². The van der Waals surface area contributed by atoms with Crippen molar-refractivity contribution < 1.29 is 4.79 Å². The molecule has 3 nitrogen and oxygen atoms in total. The summed E-state index contributed by atoms with van der Waals surface area (Å²) in [5, 5.41) is 0. The van der Waals surface area contributed by atoms with Gasteiger partial charge in [-0.1, -0.05) is 12.1 Å². The summed E-state index contributed by atoms with van der Waals surface area (Å²) >= 11 is 0. The van der Waals surface area contributed by atoms with Crippen LogP contribution >= 0.6 is 0 Å². The summed E-state index contributed by atoms with van der Waals surface area (Å²) in [4.78, 5) is 13.9. The minimum absolute atomic E-state index is 0.222. The van der Waals surface area contributed by atoms with Gasteiger partial charge in [0.25, 0.3) is 0 Å². The lowest BCUT2D eigenvalue weighted by atomic mass is 10.1. The largest absolute Gasteiger partial charge is 0.399 e. The summed E-state index contributed by atoms with van der Waals surface area (Å²) in [6.45, 7) is 6.88. The Kier molecular flexibility index (Phi) is 5.01. The van der Waals surface area contributed by atoms with Crippen LogP contribution < -0.4 is 5.73 Å². The Hall–Kier alpha value is -1.51. The van der Waals surface area contributed by atoms with Gasteiger partial charge in [-0.2, -0.15) is 0 Å². The molecule has 0 aromatic heterocycles. The summed E-state index contributed by atoms with van der Waals surface area (Å²) in [5.41, 5.74) is 7.54. The highest BCUT2D eigenvalue weighted by Crippen LogP contribution is 2.09. The number of carbonyl (C=O) groups excluding carboxylic acids is 1. The first-order valence-corrected chi connectivity index (χ1v) is 6.18. The number of hydrogen-bond donors (Lipinski definition) is 1. The zero-order chi connectivity index (χ0) is 12.8. The number of aryl methyl sites for hydroxylation is 1. The average molecular weight is 234 g/mol. The summed E-state index contributed by atoms with van der Waals surface area (Å²) in [7, 11) is 0. The van der Waals surface area contributed by atoms with Crippen LogP contribution in [0.4, 0.5) is 5.69 Å². The lowest BCUT2D eigenvalue weighted by molar-refractivity contribution is -0.132. The van der Waals surface area contributed by atoms with Crippen molar-refractivity contribution in [3.8, 4) is 0 Å². The van der Waals surface area contributed by atoms with Gasteiger partial charge >= 0.3 is 0 Å². The molecule has 0 radical (unpaired) electrons. The van der Waals surface area contributed by atoms with Gasteiger partial charge in [0.05, 0.1) is 0 Å². The molecule has 0 heterocycles. The topological polar surface area (TPSA) is 46.3 Å². The van der Waals surface area contributed by atoms with Crippen molar-refractivity contribution in [2.24, 2.45) is 0 Å². The second-order valence-electron chi connectivity index (χ2n) is 4.52. The minimum atomic E-state index is 0.222. The first-order valence-electron chi connectivity index (χ1n) is 6.18. The van der Waals surface area contributed by atoms with E-state index in [2.05, 4.69) is 0 Å². The minimum Gasteiger partial charge on any atom is -0.399 e. The van der Waals surface area contributed by atoms with Crippen LogP contribution in [0.15, 0.2) is 24.3 Å². The maximum absolute atomic E-state index is 12.0. The summed E-state index contributed by atoms with van der Waals surface area (Å²) in [6, 6.07) is 7.99. The predicted molar refractivity (Wildman–Crippen MR) is 71.7 cm³/mol. The van der Waals surface area contributed by atoms with Gasteiger partial charge in [-0.25, -0.2) is 0 Å². The molecule has 1 rings (SSSR count). The van der Waals surface area contributed by atoms with Gasteiger partial charge in [-0.05, 0) is 44.9 Å². The van der Waals surface area contributed by atoms with Crippen LogP contribution in [-0.2, 0) is 11.2 Å². The predicted octanol–water partition coefficient (Wildman–Crippen LogP) is 2.46. The molecular formula is C14H22N2O. The fraction of sp³-hybridized carbons (Fsp3) is 0.500. The summed E-state index contributed by atoms with van der Waals surface area (Å²) in [6.07, 6.45) is 1.35. The first kappa shape index (κ1) is 13.6. The van der Waals surface area contributed by atoms with Crippen molar-refractivity contribution in [1.29, 1.82) is 0 Å². The second kappa shape index (κ2) is 6.28. The molecule has 1 aromatic carbocycles. The van der Waals surface area contributed by atoms with E-state index in [-0.39, 0.29) is 11.9 Å². The van der Waals surface area contributed by atoms with E-state index in [9.17, 15) is 4.79 Å². The monoisotopic (exact) mass is 234 g/mol. The Morgan fingerprint density at radius 1 is 1.29 bits per heavy atom. The van der Waals surface area contributed by atoms with Gasteiger partial charge in [-0.3, -0.25) is 4.79 Å². The van der Waals surface area contributed by atoms with Crippen LogP contribution in [0.25, 0.3) is 0 Å². The number of nitrogen functional groups attached to an aromatic ring is 1. The highest BCUT2D eigenvalue weighted by atomic mass is 16.2. The lowest BCUT2D eigenvalue weighted by Gasteiger charge is -2.25. The standard InChI is InChI=1S/C14H22N2O/c1-4-16(11(2)3)14(17)10-7-12-5-8-13(15)9-6-12/h5-6,8-9,11H,4,7,10,15H2,1-3H3. The summed E-state index contributed by atoms with van der Waals surface area (Å²) < 4.78 is 0. The number of carbonyl (C=O) groups is 1. The third-order valence-electron chi connectivity index (χ3n) is 2.89. The van der Waals surface area contributed by atoms with Crippen LogP contribution in [-0.4, -0.2) is 23.4 Å². The van der Waals surface area contributed by atoms with E-state index in [1.807, 2.05) is 49.9 Å². The molecule has 17 heavy (non-hydrogen) atoms. The van der Waals surface area contributed by atoms with Crippen LogP contribution in [0.2, 0.25) is 0 Å². The zero-order valence-electron chi connectivity index (χ0n) is 10.9. The van der Waals surface area contributed by atoms with Gasteiger partial charge < -0.3 is 10.6 Å². The third-order valence-corrected chi connectivity index (χ3v) is 2.89. The van der Waals surface area contributed by atoms with Crippen molar-refractivity contribution in [1.82, 2.24) is 4.90 Å². The fourth-order valence-corrected chi connectivity index (χ4v) is 1.91. The maximum Gasteiger partial charge on any atom is 0.223 e. The van der Waals surface area contributed by atoms with Crippen molar-refractivity contribution in [3.63, 3.8) is 0 Å². The Morgan fingerprint density at radius 3 is 2.35 bits per heavy atom. The lowest BCUT2D eigenvalue weighted by Crippen LogP contribution is -2.36. The smallest absolute Gasteiger partial charge is 0.223 e. The molecule has 3 heteroatoms. The number of hydrogen-bond acceptors (Lipinski definition) is 2. The van der Waals surface area contributed by atoms with Gasteiger partial charge in [0, 0.05) is 24.7 Å². The fourth-order valence-electron chi connectivity index (χ4n) is 1.91. The van der Waals surface area contributed by atoms with E-state index in [1.54, 1.807) is 0 Å². The van der Waals surface area contributed by atoms with Crippen LogP contribution in [0.3, 0.4) is 0 Å². The average Bonchev–Trinajstić information content (AvgIpc) is 2.28. The SMILES string of the molecule is CCN(C(=O)CCc1ccc(N)cc1)C(C)C. The Bertz CT molecular complexity index is 357. The van der Waals surface area contributed by atoms with Crippen molar-refractivity contribution >= 4 is 11.6 Å². The Labute approximate surface area is 104 Å². The molecule has 0 aliphatic carbocycles. The second-order valence-corrected chi connectivity index (χ2v) is 4.52. The van der Waals surface area contributed by atoms with Crippen LogP contribution in [0.5, 0.6) is 0 Å². The molecule has 0 saturated heterocycles. The summed E-state index contributed by atoms with van der Waals surface area (Å²) in [5.74, 6) is 0.222. The number of rotatable bonds is 5. The highest BCUT2D eigenvalue weighted by molar-refractivity contribution is 5.76. The molecule has 0 atom stereocenters. The maximum atomic E-state index is 12.0. The van der Waals surface area contributed by atoms with E-state index in [0.29, 0.717) is 6.42 Å². The van der Waals surface area contributed by atoms with Gasteiger partial charge in [0.15, 0.2) is 0 Å². The van der Waals surface area contributed by atoms with Crippen molar-refractivity contribution in [2.45, 2.75) is 39.7 Å².